The summed E-state index contributed by atoms with van der Waals surface area (Å²) in [7, 11) is -3.80. The fourth-order valence-electron chi connectivity index (χ4n) is 3.38. The minimum Gasteiger partial charge on any atom is -0.280 e. The Morgan fingerprint density at radius 1 is 1.12 bits per heavy atom. The number of aryl methyl sites for hydroxylation is 1. The van der Waals surface area contributed by atoms with E-state index in [4.69, 9.17) is 0 Å². The lowest BCUT2D eigenvalue weighted by atomic mass is 10.2. The van der Waals surface area contributed by atoms with Crippen LogP contribution in [0.4, 0.5) is 5.69 Å². The molecule has 0 aliphatic heterocycles. The number of fused-ring (bicyclic) bond motifs is 2. The van der Waals surface area contributed by atoms with Gasteiger partial charge in [-0.15, -0.1) is 0 Å². The van der Waals surface area contributed by atoms with Crippen molar-refractivity contribution in [2.24, 2.45) is 0 Å². The van der Waals surface area contributed by atoms with E-state index in [0.717, 1.165) is 39.3 Å². The Kier molecular flexibility index (Phi) is 5.27. The van der Waals surface area contributed by atoms with Gasteiger partial charge >= 0.3 is 0 Å². The second-order valence-electron chi connectivity index (χ2n) is 6.93. The van der Waals surface area contributed by atoms with Gasteiger partial charge in [0.15, 0.2) is 0 Å². The fourth-order valence-corrected chi connectivity index (χ4v) is 6.33. The smallest absolute Gasteiger partial charge is 0.264 e. The van der Waals surface area contributed by atoms with E-state index in [2.05, 4.69) is 35.5 Å². The highest BCUT2D eigenvalue weighted by molar-refractivity contribution is 7.99. The van der Waals surface area contributed by atoms with Crippen LogP contribution in [0.25, 0.3) is 16.8 Å². The van der Waals surface area contributed by atoms with E-state index in [0.29, 0.717) is 22.5 Å². The number of nitrogens with one attached hydrogen (secondary N) is 1. The Morgan fingerprint density at radius 3 is 2.72 bits per heavy atom. The Bertz CT molecular complexity index is 1540. The summed E-state index contributed by atoms with van der Waals surface area (Å²) in [4.78, 5) is 9.75. The topological polar surface area (TPSA) is 115 Å². The average molecular weight is 484 g/mol. The molecule has 0 spiro atoms. The third-order valence-corrected chi connectivity index (χ3v) is 7.97. The Labute approximate surface area is 192 Å². The minimum absolute atomic E-state index is 0.107. The highest BCUT2D eigenvalue weighted by Gasteiger charge is 2.20. The summed E-state index contributed by atoms with van der Waals surface area (Å²) in [6.45, 7) is 4.04. The largest absolute Gasteiger partial charge is 0.280 e. The zero-order valence-corrected chi connectivity index (χ0v) is 19.5. The van der Waals surface area contributed by atoms with Gasteiger partial charge in [0, 0.05) is 21.8 Å². The lowest BCUT2D eigenvalue weighted by Gasteiger charge is -2.12. The van der Waals surface area contributed by atoms with Crippen molar-refractivity contribution >= 4 is 56.0 Å². The van der Waals surface area contributed by atoms with Gasteiger partial charge in [0.25, 0.3) is 15.8 Å². The molecule has 1 N–H and O–H groups in total. The third-order valence-electron chi connectivity index (χ3n) is 4.90. The molecular formula is C20H17N7O2S3. The third kappa shape index (κ3) is 3.70. The monoisotopic (exact) mass is 483 g/mol. The number of aromatic nitrogens is 6. The number of nitrogens with zero attached hydrogens (tertiary/aromatic N) is 6. The van der Waals surface area contributed by atoms with Crippen LogP contribution in [0.2, 0.25) is 0 Å². The van der Waals surface area contributed by atoms with E-state index >= 15 is 0 Å². The van der Waals surface area contributed by atoms with E-state index < -0.39 is 10.0 Å². The van der Waals surface area contributed by atoms with Crippen molar-refractivity contribution in [3.05, 3.63) is 60.0 Å². The fraction of sp³-hybridized carbons (Fsp3) is 0.150. The molecule has 9 nitrogen and oxygen atoms in total. The zero-order valence-electron chi connectivity index (χ0n) is 17.1. The number of rotatable bonds is 6. The van der Waals surface area contributed by atoms with Crippen LogP contribution in [0.15, 0.2) is 63.6 Å². The van der Waals surface area contributed by atoms with Gasteiger partial charge in [0.05, 0.1) is 11.7 Å². The standard InChI is InChI=1S/C20H17N7O2S3/c1-3-15-12(2)23-20-21-11-22-27(20)19(15)30-14-9-7-13(8-10-14)26-32(28,29)17-6-4-5-16-18(17)25-31-24-16/h4-11,26H,3H2,1-2H3. The quantitative estimate of drug-likeness (QED) is 0.361. The minimum atomic E-state index is -3.80. The van der Waals surface area contributed by atoms with Crippen molar-refractivity contribution in [3.63, 3.8) is 0 Å². The molecule has 0 bridgehead atoms. The molecule has 3 heterocycles. The molecule has 0 amide bonds. The first-order chi connectivity index (χ1) is 15.5. The van der Waals surface area contributed by atoms with Crippen molar-refractivity contribution in [2.75, 3.05) is 4.72 Å². The van der Waals surface area contributed by atoms with Crippen LogP contribution in [0.3, 0.4) is 0 Å². The summed E-state index contributed by atoms with van der Waals surface area (Å²) < 4.78 is 38.4. The zero-order chi connectivity index (χ0) is 22.3. The highest BCUT2D eigenvalue weighted by Crippen LogP contribution is 2.33. The van der Waals surface area contributed by atoms with Crippen LogP contribution in [0, 0.1) is 6.92 Å². The second kappa shape index (κ2) is 8.11. The Hall–Kier alpha value is -3.09. The molecular weight excluding hydrogens is 466 g/mol. The van der Waals surface area contributed by atoms with Gasteiger partial charge in [0.2, 0.25) is 0 Å². The van der Waals surface area contributed by atoms with E-state index in [1.807, 2.05) is 19.1 Å². The molecule has 0 aliphatic rings. The predicted octanol–water partition coefficient (Wildman–Crippen LogP) is 3.95. The molecule has 12 heteroatoms. The molecule has 5 rings (SSSR count). The van der Waals surface area contributed by atoms with Crippen molar-refractivity contribution in [1.29, 1.82) is 0 Å². The summed E-state index contributed by atoms with van der Waals surface area (Å²) >= 11 is 2.53. The lowest BCUT2D eigenvalue weighted by Crippen LogP contribution is -2.13. The van der Waals surface area contributed by atoms with Crippen LogP contribution < -0.4 is 4.72 Å². The van der Waals surface area contributed by atoms with E-state index in [1.165, 1.54) is 24.2 Å². The van der Waals surface area contributed by atoms with Gasteiger partial charge in [-0.25, -0.2) is 13.4 Å². The van der Waals surface area contributed by atoms with Gasteiger partial charge in [0.1, 0.15) is 27.3 Å². The maximum absolute atomic E-state index is 12.9. The first kappa shape index (κ1) is 20.8. The van der Waals surface area contributed by atoms with Gasteiger partial charge in [-0.1, -0.05) is 24.8 Å². The molecule has 2 aromatic carbocycles. The van der Waals surface area contributed by atoms with E-state index in [1.54, 1.807) is 28.8 Å². The number of hydrogen-bond acceptors (Lipinski definition) is 9. The molecule has 0 atom stereocenters. The molecule has 0 saturated carbocycles. The summed E-state index contributed by atoms with van der Waals surface area (Å²) in [5.41, 5.74) is 3.41. The van der Waals surface area contributed by atoms with Crippen molar-refractivity contribution < 1.29 is 8.42 Å². The van der Waals surface area contributed by atoms with E-state index in [9.17, 15) is 8.42 Å². The first-order valence-electron chi connectivity index (χ1n) is 9.67. The molecule has 5 aromatic rings. The van der Waals surface area contributed by atoms with Gasteiger partial charge in [-0.3, -0.25) is 4.72 Å². The summed E-state index contributed by atoms with van der Waals surface area (Å²) in [6.07, 6.45) is 2.30. The first-order valence-corrected chi connectivity index (χ1v) is 12.7. The number of hydrogen-bond donors (Lipinski definition) is 1. The van der Waals surface area contributed by atoms with Crippen molar-refractivity contribution in [1.82, 2.24) is 28.3 Å². The molecule has 32 heavy (non-hydrogen) atoms. The Balaban J connectivity index is 1.43. The predicted molar refractivity (Wildman–Crippen MR) is 124 cm³/mol. The number of sulfonamides is 1. The van der Waals surface area contributed by atoms with Gasteiger partial charge < -0.3 is 0 Å². The summed E-state index contributed by atoms with van der Waals surface area (Å²) in [6, 6.07) is 12.1. The maximum atomic E-state index is 12.9. The molecule has 0 saturated heterocycles. The highest BCUT2D eigenvalue weighted by atomic mass is 32.2. The maximum Gasteiger partial charge on any atom is 0.264 e. The van der Waals surface area contributed by atoms with Crippen LogP contribution >= 0.6 is 23.5 Å². The van der Waals surface area contributed by atoms with Gasteiger partial charge in [-0.2, -0.15) is 23.3 Å². The number of benzene rings is 2. The number of anilines is 1. The van der Waals surface area contributed by atoms with Crippen LogP contribution in [-0.2, 0) is 16.4 Å². The molecule has 3 aromatic heterocycles. The van der Waals surface area contributed by atoms with Gasteiger partial charge in [-0.05, 0) is 49.7 Å². The van der Waals surface area contributed by atoms with Crippen molar-refractivity contribution in [3.8, 4) is 0 Å². The van der Waals surface area contributed by atoms with E-state index in [-0.39, 0.29) is 4.90 Å². The lowest BCUT2D eigenvalue weighted by molar-refractivity contribution is 0.602. The van der Waals surface area contributed by atoms with Crippen LogP contribution in [0.1, 0.15) is 18.2 Å². The average Bonchev–Trinajstić information content (AvgIpc) is 3.44. The normalized spacial score (nSPS) is 11.9. The Morgan fingerprint density at radius 2 is 1.94 bits per heavy atom. The molecule has 0 fully saturated rings. The molecule has 0 unspecified atom stereocenters. The second-order valence-corrected chi connectivity index (χ2v) is 10.2. The van der Waals surface area contributed by atoms with Crippen LogP contribution in [0.5, 0.6) is 0 Å². The molecule has 162 valence electrons. The molecule has 0 radical (unpaired) electrons. The summed E-state index contributed by atoms with van der Waals surface area (Å²) in [5.74, 6) is 0.553. The SMILES string of the molecule is CCc1c(C)nc2ncnn2c1Sc1ccc(NS(=O)(=O)c2cccc3nsnc23)cc1. The molecule has 0 aliphatic carbocycles. The van der Waals surface area contributed by atoms with Crippen LogP contribution in [-0.4, -0.2) is 36.7 Å². The summed E-state index contributed by atoms with van der Waals surface area (Å²) in [5, 5.41) is 5.25. The van der Waals surface area contributed by atoms with Crippen molar-refractivity contribution in [2.45, 2.75) is 35.1 Å².